The van der Waals surface area contributed by atoms with Gasteiger partial charge in [0.15, 0.2) is 0 Å². The molecule has 0 unspecified atom stereocenters. The molecule has 2 aliphatic rings. The first kappa shape index (κ1) is 14.8. The summed E-state index contributed by atoms with van der Waals surface area (Å²) in [7, 11) is 0. The Morgan fingerprint density at radius 1 is 1.32 bits per heavy atom. The van der Waals surface area contributed by atoms with Crippen molar-refractivity contribution in [2.45, 2.75) is 6.92 Å². The Hall–Kier alpha value is -0.580. The molecule has 1 N–H and O–H groups in total. The summed E-state index contributed by atoms with van der Waals surface area (Å²) in [5, 5.41) is 3.39. The molecule has 1 aromatic rings. The van der Waals surface area contributed by atoms with Crippen molar-refractivity contribution in [1.82, 2.24) is 10.2 Å². The highest BCUT2D eigenvalue weighted by Gasteiger charge is 2.38. The van der Waals surface area contributed by atoms with Crippen molar-refractivity contribution < 1.29 is 4.79 Å². The number of aryl methyl sites for hydroxylation is 1. The molecule has 2 heterocycles. The van der Waals surface area contributed by atoms with Crippen LogP contribution < -0.4 is 5.32 Å². The zero-order chi connectivity index (χ0) is 12.7. The summed E-state index contributed by atoms with van der Waals surface area (Å²) in [6.45, 7) is 5.96. The molecule has 0 aromatic heterocycles. The zero-order valence-corrected chi connectivity index (χ0v) is 13.3. The Morgan fingerprint density at radius 3 is 2.53 bits per heavy atom. The van der Waals surface area contributed by atoms with Crippen LogP contribution in [0.5, 0.6) is 0 Å². The largest absolute Gasteiger partial charge is 0.338 e. The number of rotatable bonds is 1. The average Bonchev–Trinajstić information content (AvgIpc) is 2.92. The summed E-state index contributed by atoms with van der Waals surface area (Å²) in [6, 6.07) is 5.86. The normalized spacial score (nSPS) is 25.1. The van der Waals surface area contributed by atoms with Crippen LogP contribution in [0.4, 0.5) is 0 Å². The van der Waals surface area contributed by atoms with Crippen LogP contribution in [-0.4, -0.2) is 37.0 Å². The summed E-state index contributed by atoms with van der Waals surface area (Å²) < 4.78 is 1.01. The number of likely N-dealkylation sites (tertiary alicyclic amines) is 1. The highest BCUT2D eigenvalue weighted by Crippen LogP contribution is 2.28. The zero-order valence-electron chi connectivity index (χ0n) is 10.9. The second kappa shape index (κ2) is 5.81. The van der Waals surface area contributed by atoms with Crippen molar-refractivity contribution >= 4 is 34.2 Å². The van der Waals surface area contributed by atoms with Gasteiger partial charge in [-0.15, -0.1) is 12.4 Å². The van der Waals surface area contributed by atoms with E-state index in [0.717, 1.165) is 41.8 Å². The fraction of sp³-hybridized carbons (Fsp3) is 0.500. The molecule has 1 aromatic carbocycles. The summed E-state index contributed by atoms with van der Waals surface area (Å²) >= 11 is 3.49. The number of halogens is 2. The fourth-order valence-electron chi connectivity index (χ4n) is 2.93. The molecule has 0 radical (unpaired) electrons. The summed E-state index contributed by atoms with van der Waals surface area (Å²) in [4.78, 5) is 14.4. The molecule has 1 amide bonds. The molecule has 2 aliphatic heterocycles. The van der Waals surface area contributed by atoms with Gasteiger partial charge < -0.3 is 10.2 Å². The van der Waals surface area contributed by atoms with Gasteiger partial charge in [-0.3, -0.25) is 4.79 Å². The van der Waals surface area contributed by atoms with E-state index in [1.54, 1.807) is 0 Å². The minimum Gasteiger partial charge on any atom is -0.338 e. The van der Waals surface area contributed by atoms with Crippen molar-refractivity contribution in [3.05, 3.63) is 33.8 Å². The van der Waals surface area contributed by atoms with Gasteiger partial charge in [-0.1, -0.05) is 22.0 Å². The van der Waals surface area contributed by atoms with Crippen molar-refractivity contribution in [3.63, 3.8) is 0 Å². The van der Waals surface area contributed by atoms with Gasteiger partial charge >= 0.3 is 0 Å². The summed E-state index contributed by atoms with van der Waals surface area (Å²) in [5.74, 6) is 1.48. The van der Waals surface area contributed by atoms with Crippen molar-refractivity contribution in [3.8, 4) is 0 Å². The molecule has 0 saturated carbocycles. The number of carbonyl (C=O) groups excluding carboxylic acids is 1. The van der Waals surface area contributed by atoms with Crippen LogP contribution in [0, 0.1) is 18.8 Å². The van der Waals surface area contributed by atoms with Gasteiger partial charge in [-0.25, -0.2) is 0 Å². The van der Waals surface area contributed by atoms with Gasteiger partial charge in [-0.05, 0) is 36.5 Å². The molecule has 0 bridgehead atoms. The SMILES string of the molecule is Cc1ccc(C(=O)N2C[C@H]3CNC[C@H]3C2)cc1Br.Cl. The first-order valence-electron chi connectivity index (χ1n) is 6.41. The van der Waals surface area contributed by atoms with E-state index in [0.29, 0.717) is 11.8 Å². The maximum absolute atomic E-state index is 12.4. The first-order chi connectivity index (χ1) is 8.65. The molecule has 2 saturated heterocycles. The van der Waals surface area contributed by atoms with Gasteiger partial charge in [0.05, 0.1) is 0 Å². The minimum absolute atomic E-state index is 0. The smallest absolute Gasteiger partial charge is 0.253 e. The highest BCUT2D eigenvalue weighted by atomic mass is 79.9. The predicted octanol–water partition coefficient (Wildman–Crippen LogP) is 2.47. The van der Waals surface area contributed by atoms with Crippen molar-refractivity contribution in [2.75, 3.05) is 26.2 Å². The van der Waals surface area contributed by atoms with Gasteiger partial charge in [-0.2, -0.15) is 0 Å². The minimum atomic E-state index is 0. The predicted molar refractivity (Wildman–Crippen MR) is 81.9 cm³/mol. The Labute approximate surface area is 128 Å². The van der Waals surface area contributed by atoms with E-state index in [1.165, 1.54) is 0 Å². The standard InChI is InChI=1S/C14H17BrN2O.ClH/c1-9-2-3-10(4-13(9)15)14(18)17-7-11-5-16-6-12(11)8-17;/h2-4,11-12,16H,5-8H2,1H3;1H/t11-,12+;. The number of carbonyl (C=O) groups is 1. The second-order valence-electron chi connectivity index (χ2n) is 5.35. The monoisotopic (exact) mass is 344 g/mol. The number of hydrogen-bond acceptors (Lipinski definition) is 2. The van der Waals surface area contributed by atoms with E-state index in [2.05, 4.69) is 21.2 Å². The lowest BCUT2D eigenvalue weighted by atomic mass is 10.0. The Bertz CT molecular complexity index is 482. The van der Waals surface area contributed by atoms with E-state index < -0.39 is 0 Å². The Balaban J connectivity index is 0.00000133. The Kier molecular flexibility index (Phi) is 4.54. The van der Waals surface area contributed by atoms with Gasteiger partial charge in [0.25, 0.3) is 5.91 Å². The van der Waals surface area contributed by atoms with E-state index in [9.17, 15) is 4.79 Å². The number of nitrogens with one attached hydrogen (secondary N) is 1. The lowest BCUT2D eigenvalue weighted by Crippen LogP contribution is -2.31. The van der Waals surface area contributed by atoms with Crippen LogP contribution in [0.25, 0.3) is 0 Å². The van der Waals surface area contributed by atoms with Crippen molar-refractivity contribution in [2.24, 2.45) is 11.8 Å². The molecule has 5 heteroatoms. The van der Waals surface area contributed by atoms with E-state index >= 15 is 0 Å². The average molecular weight is 346 g/mol. The number of amides is 1. The fourth-order valence-corrected chi connectivity index (χ4v) is 3.31. The third kappa shape index (κ3) is 2.81. The maximum Gasteiger partial charge on any atom is 0.253 e. The van der Waals surface area contributed by atoms with Crippen molar-refractivity contribution in [1.29, 1.82) is 0 Å². The topological polar surface area (TPSA) is 32.3 Å². The molecular weight excluding hydrogens is 328 g/mol. The number of hydrogen-bond donors (Lipinski definition) is 1. The lowest BCUT2D eigenvalue weighted by molar-refractivity contribution is 0.0781. The number of nitrogens with zero attached hydrogens (tertiary/aromatic N) is 1. The summed E-state index contributed by atoms with van der Waals surface area (Å²) in [6.07, 6.45) is 0. The quantitative estimate of drug-likeness (QED) is 0.848. The van der Waals surface area contributed by atoms with Gasteiger partial charge in [0, 0.05) is 36.2 Å². The molecule has 104 valence electrons. The number of benzene rings is 1. The van der Waals surface area contributed by atoms with Crippen LogP contribution in [0.15, 0.2) is 22.7 Å². The van der Waals surface area contributed by atoms with Crippen LogP contribution in [0.2, 0.25) is 0 Å². The van der Waals surface area contributed by atoms with Crippen LogP contribution >= 0.6 is 28.3 Å². The van der Waals surface area contributed by atoms with E-state index in [1.807, 2.05) is 30.0 Å². The van der Waals surface area contributed by atoms with Crippen LogP contribution in [-0.2, 0) is 0 Å². The third-order valence-corrected chi connectivity index (χ3v) is 4.95. The highest BCUT2D eigenvalue weighted by molar-refractivity contribution is 9.10. The van der Waals surface area contributed by atoms with Gasteiger partial charge in [0.2, 0.25) is 0 Å². The molecule has 2 atom stereocenters. The number of fused-ring (bicyclic) bond motifs is 1. The molecule has 0 spiro atoms. The molecule has 0 aliphatic carbocycles. The summed E-state index contributed by atoms with van der Waals surface area (Å²) in [5.41, 5.74) is 1.95. The Morgan fingerprint density at radius 2 is 1.95 bits per heavy atom. The molecule has 3 nitrogen and oxygen atoms in total. The van der Waals surface area contributed by atoms with Gasteiger partial charge in [0.1, 0.15) is 0 Å². The molecular formula is C14H18BrClN2O. The first-order valence-corrected chi connectivity index (χ1v) is 7.20. The molecule has 19 heavy (non-hydrogen) atoms. The lowest BCUT2D eigenvalue weighted by Gasteiger charge is -2.18. The van der Waals surface area contributed by atoms with Crippen LogP contribution in [0.1, 0.15) is 15.9 Å². The van der Waals surface area contributed by atoms with E-state index in [4.69, 9.17) is 0 Å². The molecule has 2 fully saturated rings. The second-order valence-corrected chi connectivity index (χ2v) is 6.21. The third-order valence-electron chi connectivity index (χ3n) is 4.10. The molecule has 3 rings (SSSR count). The van der Waals surface area contributed by atoms with E-state index in [-0.39, 0.29) is 18.3 Å². The maximum atomic E-state index is 12.4. The van der Waals surface area contributed by atoms with Crippen LogP contribution in [0.3, 0.4) is 0 Å².